The Labute approximate surface area is 390 Å². The second-order valence-electron chi connectivity index (χ2n) is 19.7. The topological polar surface area (TPSA) is 196 Å². The Kier molecular flexibility index (Phi) is 12.6. The number of likely N-dealkylation sites (tertiary alicyclic amines) is 1. The molecule has 2 saturated heterocycles. The third-order valence-electron chi connectivity index (χ3n) is 14.8. The van der Waals surface area contributed by atoms with Crippen molar-refractivity contribution in [3.8, 4) is 11.5 Å². The van der Waals surface area contributed by atoms with Crippen LogP contribution in [0.4, 0.5) is 21.6 Å². The first-order valence-corrected chi connectivity index (χ1v) is 24.9. The van der Waals surface area contributed by atoms with E-state index in [0.29, 0.717) is 37.3 Å². The highest BCUT2D eigenvalue weighted by atomic mass is 32.2. The normalized spacial score (nSPS) is 23.0. The smallest absolute Gasteiger partial charge is 0.312 e. The van der Waals surface area contributed by atoms with Gasteiger partial charge in [-0.1, -0.05) is 51.1 Å². The number of nitro groups is 1. The van der Waals surface area contributed by atoms with Crippen molar-refractivity contribution < 1.29 is 32.4 Å². The van der Waals surface area contributed by atoms with Crippen molar-refractivity contribution in [3.05, 3.63) is 112 Å². The van der Waals surface area contributed by atoms with E-state index in [1.807, 2.05) is 0 Å². The first kappa shape index (κ1) is 46.2. The van der Waals surface area contributed by atoms with Gasteiger partial charge >= 0.3 is 5.69 Å². The number of aliphatic hydroxyl groups is 1. The van der Waals surface area contributed by atoms with Crippen LogP contribution in [-0.2, 0) is 10.0 Å². The molecule has 4 N–H and O–H groups in total. The number of hydrogen-bond acceptors (Lipinski definition) is 12. The summed E-state index contributed by atoms with van der Waals surface area (Å²) in [5.74, 6) is -0.488. The van der Waals surface area contributed by atoms with Gasteiger partial charge in [0.2, 0.25) is 5.82 Å². The number of nitrogens with one attached hydrogen (secondary N) is 3. The summed E-state index contributed by atoms with van der Waals surface area (Å²) in [4.78, 5) is 41.2. The van der Waals surface area contributed by atoms with Crippen LogP contribution in [0.2, 0.25) is 0 Å². The molecule has 9 rings (SSSR count). The molecule has 2 saturated carbocycles. The van der Waals surface area contributed by atoms with Gasteiger partial charge in [-0.3, -0.25) is 19.8 Å². The number of halogens is 1. The fraction of sp³-hybridized carbons (Fsp3) is 0.460. The molecular weight excluding hydrogens is 876 g/mol. The van der Waals surface area contributed by atoms with Crippen molar-refractivity contribution >= 4 is 50.2 Å². The van der Waals surface area contributed by atoms with Crippen molar-refractivity contribution in [1.82, 2.24) is 24.6 Å². The molecule has 67 heavy (non-hydrogen) atoms. The van der Waals surface area contributed by atoms with Gasteiger partial charge in [-0.15, -0.1) is 0 Å². The van der Waals surface area contributed by atoms with E-state index in [2.05, 4.69) is 79.5 Å². The van der Waals surface area contributed by atoms with Crippen molar-refractivity contribution in [2.75, 3.05) is 42.9 Å². The first-order chi connectivity index (χ1) is 32.0. The average Bonchev–Trinajstić information content (AvgIpc) is 3.93. The zero-order valence-corrected chi connectivity index (χ0v) is 39.1. The van der Waals surface area contributed by atoms with Crippen molar-refractivity contribution in [2.45, 2.75) is 107 Å². The quantitative estimate of drug-likeness (QED) is 0.0610. The van der Waals surface area contributed by atoms with E-state index in [1.54, 1.807) is 19.1 Å². The summed E-state index contributed by atoms with van der Waals surface area (Å²) in [5, 5.41) is 25.6. The van der Waals surface area contributed by atoms with E-state index >= 15 is 0 Å². The molecule has 0 bridgehead atoms. The number of ether oxygens (including phenoxy) is 1. The minimum Gasteiger partial charge on any atom is -0.454 e. The lowest BCUT2D eigenvalue weighted by molar-refractivity contribution is -0.384. The zero-order valence-electron chi connectivity index (χ0n) is 38.3. The minimum absolute atomic E-state index is 0.0117. The number of hydrogen-bond donors (Lipinski definition) is 4. The maximum atomic E-state index is 14.8. The van der Waals surface area contributed by atoms with Crippen molar-refractivity contribution in [1.29, 1.82) is 0 Å². The van der Waals surface area contributed by atoms with Gasteiger partial charge in [0.25, 0.3) is 15.9 Å². The maximum absolute atomic E-state index is 14.8. The lowest BCUT2D eigenvalue weighted by Gasteiger charge is -2.57. The number of anilines is 2. The van der Waals surface area contributed by atoms with Crippen LogP contribution in [-0.4, -0.2) is 88.6 Å². The molecule has 4 aliphatic rings. The maximum Gasteiger partial charge on any atom is 0.312 e. The molecule has 0 unspecified atom stereocenters. The van der Waals surface area contributed by atoms with E-state index < -0.39 is 42.9 Å². The van der Waals surface area contributed by atoms with Crippen LogP contribution in [0.3, 0.4) is 0 Å². The molecule has 2 atom stereocenters. The molecule has 0 radical (unpaired) electrons. The number of carbonyl (C=O) groups is 1. The number of amides is 1. The molecule has 354 valence electrons. The van der Waals surface area contributed by atoms with Gasteiger partial charge < -0.3 is 25.0 Å². The van der Waals surface area contributed by atoms with Crippen LogP contribution in [0.15, 0.2) is 78.5 Å². The summed E-state index contributed by atoms with van der Waals surface area (Å²) in [6.45, 7) is 14.2. The molecule has 2 aromatic carbocycles. The fourth-order valence-electron chi connectivity index (χ4n) is 10.9. The number of benzene rings is 2. The number of nitrogens with zero attached hydrogens (tertiary/aromatic N) is 5. The minimum atomic E-state index is -4.71. The highest BCUT2D eigenvalue weighted by Crippen LogP contribution is 2.49. The van der Waals surface area contributed by atoms with E-state index in [4.69, 9.17) is 4.74 Å². The third-order valence-corrected chi connectivity index (χ3v) is 16.1. The second-order valence-corrected chi connectivity index (χ2v) is 21.4. The molecule has 4 fully saturated rings. The van der Waals surface area contributed by atoms with Gasteiger partial charge in [0.1, 0.15) is 27.8 Å². The van der Waals surface area contributed by atoms with E-state index in [9.17, 15) is 32.8 Å². The number of H-pyrrole nitrogens is 1. The highest BCUT2D eigenvalue weighted by Gasteiger charge is 2.49. The summed E-state index contributed by atoms with van der Waals surface area (Å²) in [5.41, 5.74) is 2.98. The van der Waals surface area contributed by atoms with Crippen molar-refractivity contribution in [2.24, 2.45) is 11.3 Å². The average molecular weight is 935 g/mol. The van der Waals surface area contributed by atoms with Crippen molar-refractivity contribution in [3.63, 3.8) is 0 Å². The van der Waals surface area contributed by atoms with E-state index in [1.165, 1.54) is 54.8 Å². The standard InChI is InChI=1S/C50H59FN8O7S/c1-5-41-45(25-39-40(51)28-54-46(39)55-41)66-44-23-33(57-21-19-50(20-22-57)29-58(30-50)42-12-8-11-37(42)36-10-7-6-9-35(36)31(2)3)13-14-38(44)48(60)56-67(64,65)34-24-43(59(62)63)47(53-27-34)52-26-32-15-17-49(4,61)18-16-32/h5-7,9-10,13-14,23-25,27-28,31-32,37,42,61H,1,8,11-12,15-22,26,29-30H2,2-4H3,(H,52,53)(H,54,55)(H,56,60)/t32-,37-,42-,49-/m0/s1. The van der Waals surface area contributed by atoms with E-state index in [0.717, 1.165) is 69.8 Å². The number of rotatable bonds is 14. The SMILES string of the molecule is C=Cc1nc2[nH]cc(F)c2cc1Oc1cc(N2CCC3(CC2)CN([C@H]2CCC[C@H]2c2ccccc2C(C)C)C3)ccc1C(=O)NS(=O)(=O)c1cnc(NC[C@H]2CC[C@](C)(O)CC2)c([N+](=O)[O-])c1. The van der Waals surface area contributed by atoms with Gasteiger partial charge in [-0.2, -0.15) is 0 Å². The number of fused-ring (bicyclic) bond motifs is 1. The van der Waals surface area contributed by atoms with Crippen LogP contribution in [0.1, 0.15) is 118 Å². The van der Waals surface area contributed by atoms with Gasteiger partial charge in [0.15, 0.2) is 5.75 Å². The van der Waals surface area contributed by atoms with Gasteiger partial charge in [0, 0.05) is 62.8 Å². The number of sulfonamides is 1. The van der Waals surface area contributed by atoms with Crippen LogP contribution in [0.5, 0.6) is 11.5 Å². The lowest BCUT2D eigenvalue weighted by atomic mass is 9.70. The molecule has 2 aliphatic heterocycles. The number of aromatic amines is 1. The molecule has 2 aliphatic carbocycles. The number of piperidine rings is 1. The molecule has 3 aromatic heterocycles. The van der Waals surface area contributed by atoms with Crippen LogP contribution in [0.25, 0.3) is 17.1 Å². The molecule has 5 aromatic rings. The largest absolute Gasteiger partial charge is 0.454 e. The summed E-state index contributed by atoms with van der Waals surface area (Å²) in [6.07, 6.45) is 11.8. The van der Waals surface area contributed by atoms with E-state index in [-0.39, 0.29) is 50.9 Å². The van der Waals surface area contributed by atoms with Gasteiger partial charge in [-0.05, 0) is 117 Å². The second kappa shape index (κ2) is 18.3. The Morgan fingerprint density at radius 2 is 1.82 bits per heavy atom. The van der Waals surface area contributed by atoms with Crippen LogP contribution < -0.4 is 19.7 Å². The Morgan fingerprint density at radius 1 is 1.07 bits per heavy atom. The molecule has 17 heteroatoms. The Morgan fingerprint density at radius 3 is 2.54 bits per heavy atom. The summed E-state index contributed by atoms with van der Waals surface area (Å²) in [6, 6.07) is 16.7. The fourth-order valence-corrected chi connectivity index (χ4v) is 11.8. The first-order valence-electron chi connectivity index (χ1n) is 23.4. The van der Waals surface area contributed by atoms with Crippen LogP contribution in [0, 0.1) is 27.3 Å². The predicted molar refractivity (Wildman–Crippen MR) is 256 cm³/mol. The van der Waals surface area contributed by atoms with Gasteiger partial charge in [-0.25, -0.2) is 27.5 Å². The Bertz CT molecular complexity index is 2810. The van der Waals surface area contributed by atoms with Gasteiger partial charge in [0.05, 0.1) is 27.7 Å². The third kappa shape index (κ3) is 9.50. The summed E-state index contributed by atoms with van der Waals surface area (Å²) in [7, 11) is -4.71. The highest BCUT2D eigenvalue weighted by molar-refractivity contribution is 7.90. The molecule has 5 heterocycles. The Balaban J connectivity index is 0.928. The molecular formula is C50H59FN8O7S. The molecule has 1 amide bonds. The molecule has 1 spiro atoms. The zero-order chi connectivity index (χ0) is 47.3. The number of pyridine rings is 2. The summed E-state index contributed by atoms with van der Waals surface area (Å²) >= 11 is 0. The molecule has 15 nitrogen and oxygen atoms in total. The Hall–Kier alpha value is -5.91. The monoisotopic (exact) mass is 934 g/mol. The summed E-state index contributed by atoms with van der Waals surface area (Å²) < 4.78 is 50.8. The predicted octanol–water partition coefficient (Wildman–Crippen LogP) is 9.27. The number of carbonyl (C=O) groups excluding carboxylic acids is 1. The lowest BCUT2D eigenvalue weighted by Crippen LogP contribution is -2.63. The number of aromatic nitrogens is 3. The van der Waals surface area contributed by atoms with Crippen LogP contribution >= 0.6 is 0 Å².